The van der Waals surface area contributed by atoms with Crippen LogP contribution in [0.25, 0.3) is 0 Å². The Hall–Kier alpha value is -0.613. The predicted molar refractivity (Wildman–Crippen MR) is 73.3 cm³/mol. The first kappa shape index (κ1) is 16.4. The van der Waals surface area contributed by atoms with E-state index < -0.39 is 8.32 Å². The zero-order valence-electron chi connectivity index (χ0n) is 11.8. The molecule has 0 saturated carbocycles. The van der Waals surface area contributed by atoms with Gasteiger partial charge in [-0.25, -0.2) is 4.79 Å². The van der Waals surface area contributed by atoms with E-state index in [1.54, 1.807) is 14.0 Å². The van der Waals surface area contributed by atoms with Crippen LogP contribution in [-0.2, 0) is 14.0 Å². The summed E-state index contributed by atoms with van der Waals surface area (Å²) in [5.74, 6) is -0.292. The van der Waals surface area contributed by atoms with Crippen LogP contribution in [0.4, 0.5) is 0 Å². The zero-order valence-corrected chi connectivity index (χ0v) is 12.8. The fourth-order valence-corrected chi connectivity index (χ4v) is 5.43. The summed E-state index contributed by atoms with van der Waals surface area (Å²) in [4.78, 5) is 11.7. The van der Waals surface area contributed by atoms with Crippen molar-refractivity contribution in [1.29, 1.82) is 0 Å². The number of carbonyl (C=O) groups excluding carboxylic acids is 1. The summed E-state index contributed by atoms with van der Waals surface area (Å²) in [6.07, 6.45) is 1.87. The van der Waals surface area contributed by atoms with Gasteiger partial charge in [0.2, 0.25) is 8.32 Å². The maximum absolute atomic E-state index is 11.7. The molecule has 0 spiro atoms. The van der Waals surface area contributed by atoms with Gasteiger partial charge in [-0.3, -0.25) is 0 Å². The minimum absolute atomic E-state index is 0.0586. The van der Waals surface area contributed by atoms with Gasteiger partial charge in [0.25, 0.3) is 0 Å². The summed E-state index contributed by atoms with van der Waals surface area (Å²) in [6, 6.07) is 1.93. The molecule has 0 radical (unpaired) electrons. The van der Waals surface area contributed by atoms with E-state index in [-0.39, 0.29) is 11.7 Å². The molecule has 0 aromatic heterocycles. The van der Waals surface area contributed by atoms with Crippen LogP contribution in [0.1, 0.15) is 40.5 Å². The lowest BCUT2D eigenvalue weighted by Gasteiger charge is -2.35. The van der Waals surface area contributed by atoms with E-state index in [0.29, 0.717) is 5.57 Å². The smallest absolute Gasteiger partial charge is 0.333 e. The molecule has 0 aliphatic carbocycles. The Labute approximate surface area is 106 Å². The van der Waals surface area contributed by atoms with Crippen molar-refractivity contribution in [3.05, 3.63) is 12.2 Å². The Morgan fingerprint density at radius 1 is 1.29 bits per heavy atom. The molecule has 100 valence electrons. The van der Waals surface area contributed by atoms with Crippen molar-refractivity contribution in [2.75, 3.05) is 7.11 Å². The third kappa shape index (κ3) is 4.28. The van der Waals surface area contributed by atoms with Gasteiger partial charge in [0.05, 0.1) is 0 Å². The third-order valence-electron chi connectivity index (χ3n) is 3.34. The van der Waals surface area contributed by atoms with Crippen molar-refractivity contribution < 1.29 is 14.0 Å². The Bertz CT molecular complexity index is 251. The number of hydrogen-bond acceptors (Lipinski definition) is 3. The van der Waals surface area contributed by atoms with Crippen LogP contribution in [0.5, 0.6) is 0 Å². The van der Waals surface area contributed by atoms with Crippen molar-refractivity contribution in [3.8, 4) is 0 Å². The molecule has 0 rings (SSSR count). The first-order chi connectivity index (χ1) is 7.97. The normalized spacial score (nSPS) is 13.2. The molecule has 0 fully saturated rings. The van der Waals surface area contributed by atoms with Gasteiger partial charge in [-0.15, -0.1) is 0 Å². The second-order valence-corrected chi connectivity index (χ2v) is 9.03. The highest BCUT2D eigenvalue weighted by Gasteiger charge is 2.41. The van der Waals surface area contributed by atoms with Gasteiger partial charge < -0.3 is 9.16 Å². The third-order valence-corrected chi connectivity index (χ3v) is 8.13. The highest BCUT2D eigenvalue weighted by molar-refractivity contribution is 6.75. The summed E-state index contributed by atoms with van der Waals surface area (Å²) >= 11 is 0. The van der Waals surface area contributed by atoms with E-state index >= 15 is 0 Å². The lowest BCUT2D eigenvalue weighted by atomic mass is 10.3. The Balaban J connectivity index is 4.92. The molecule has 1 atom stereocenters. The number of esters is 1. The van der Waals surface area contributed by atoms with E-state index in [0.717, 1.165) is 24.9 Å². The summed E-state index contributed by atoms with van der Waals surface area (Å²) < 4.78 is 11.4. The van der Waals surface area contributed by atoms with E-state index in [9.17, 15) is 4.79 Å². The molecule has 0 aliphatic rings. The summed E-state index contributed by atoms with van der Waals surface area (Å²) in [5, 5.41) is 0. The predicted octanol–water partition coefficient (Wildman–Crippen LogP) is 3.45. The van der Waals surface area contributed by atoms with Gasteiger partial charge in [-0.2, -0.15) is 0 Å². The summed E-state index contributed by atoms with van der Waals surface area (Å²) in [6.45, 7) is 11.6. The summed E-state index contributed by atoms with van der Waals surface area (Å²) in [7, 11) is -0.214. The van der Waals surface area contributed by atoms with Gasteiger partial charge in [0, 0.05) is 12.7 Å². The first-order valence-electron chi connectivity index (χ1n) is 6.39. The topological polar surface area (TPSA) is 35.5 Å². The second kappa shape index (κ2) is 7.66. The van der Waals surface area contributed by atoms with Crippen molar-refractivity contribution in [3.63, 3.8) is 0 Å². The van der Waals surface area contributed by atoms with Gasteiger partial charge in [0.15, 0.2) is 0 Å². The number of carbonyl (C=O) groups is 1. The van der Waals surface area contributed by atoms with Crippen LogP contribution in [-0.4, -0.2) is 27.1 Å². The Morgan fingerprint density at radius 2 is 1.82 bits per heavy atom. The molecule has 1 unspecified atom stereocenters. The molecular formula is C13H26O3Si. The molecule has 3 nitrogen and oxygen atoms in total. The van der Waals surface area contributed by atoms with E-state index in [4.69, 9.17) is 9.16 Å². The maximum atomic E-state index is 11.7. The zero-order chi connectivity index (χ0) is 13.5. The minimum atomic E-state index is -1.96. The molecule has 0 aliphatic heterocycles. The Kier molecular flexibility index (Phi) is 7.39. The standard InChI is InChI=1S/C13H26O3Si/c1-7-10-12(16-13(14)11(4)5)17(8-2,9-3)15-6/h12H,4,7-10H2,1-3,5-6H3. The van der Waals surface area contributed by atoms with Crippen LogP contribution in [0, 0.1) is 0 Å². The highest BCUT2D eigenvalue weighted by Crippen LogP contribution is 2.26. The number of hydrogen-bond donors (Lipinski definition) is 0. The SMILES string of the molecule is C=C(C)C(=O)OC(CCC)[Si](CC)(CC)OC. The van der Waals surface area contributed by atoms with Gasteiger partial charge in [-0.1, -0.05) is 33.8 Å². The molecule has 0 bridgehead atoms. The van der Waals surface area contributed by atoms with Gasteiger partial charge >= 0.3 is 5.97 Å². The van der Waals surface area contributed by atoms with Crippen molar-refractivity contribution in [1.82, 2.24) is 0 Å². The van der Waals surface area contributed by atoms with Crippen molar-refractivity contribution in [2.45, 2.75) is 58.4 Å². The fourth-order valence-electron chi connectivity index (χ4n) is 2.05. The monoisotopic (exact) mass is 258 g/mol. The molecule has 0 aromatic rings. The lowest BCUT2D eigenvalue weighted by Crippen LogP contribution is -2.51. The first-order valence-corrected chi connectivity index (χ1v) is 8.79. The van der Waals surface area contributed by atoms with Crippen LogP contribution in [0.15, 0.2) is 12.2 Å². The maximum Gasteiger partial charge on any atom is 0.333 e. The number of rotatable bonds is 8. The van der Waals surface area contributed by atoms with Gasteiger partial charge in [-0.05, 0) is 25.4 Å². The molecule has 0 N–H and O–H groups in total. The highest BCUT2D eigenvalue weighted by atomic mass is 28.4. The van der Waals surface area contributed by atoms with Crippen LogP contribution in [0.3, 0.4) is 0 Å². The molecule has 0 amide bonds. The lowest BCUT2D eigenvalue weighted by molar-refractivity contribution is -0.141. The molecule has 4 heteroatoms. The average Bonchev–Trinajstić information content (AvgIpc) is 2.32. The van der Waals surface area contributed by atoms with E-state index in [1.807, 2.05) is 0 Å². The number of ether oxygens (including phenoxy) is 1. The van der Waals surface area contributed by atoms with Crippen molar-refractivity contribution >= 4 is 14.3 Å². The fraction of sp³-hybridized carbons (Fsp3) is 0.769. The van der Waals surface area contributed by atoms with Crippen LogP contribution < -0.4 is 0 Å². The van der Waals surface area contributed by atoms with E-state index in [2.05, 4.69) is 27.4 Å². The van der Waals surface area contributed by atoms with Crippen LogP contribution >= 0.6 is 0 Å². The summed E-state index contributed by atoms with van der Waals surface area (Å²) in [5.41, 5.74) is 0.397. The second-order valence-electron chi connectivity index (χ2n) is 4.44. The molecule has 0 heterocycles. The van der Waals surface area contributed by atoms with E-state index in [1.165, 1.54) is 0 Å². The van der Waals surface area contributed by atoms with Gasteiger partial charge in [0.1, 0.15) is 5.73 Å². The quantitative estimate of drug-likeness (QED) is 0.380. The average molecular weight is 258 g/mol. The van der Waals surface area contributed by atoms with Crippen molar-refractivity contribution in [2.24, 2.45) is 0 Å². The molecular weight excluding hydrogens is 232 g/mol. The Morgan fingerprint density at radius 3 is 2.12 bits per heavy atom. The largest absolute Gasteiger partial charge is 0.460 e. The molecule has 0 saturated heterocycles. The molecule has 17 heavy (non-hydrogen) atoms. The molecule has 0 aromatic carbocycles. The van der Waals surface area contributed by atoms with Crippen LogP contribution in [0.2, 0.25) is 12.1 Å². The minimum Gasteiger partial charge on any atom is -0.460 e.